The molecule has 0 saturated heterocycles. The van der Waals surface area contributed by atoms with Gasteiger partial charge in [0.1, 0.15) is 5.76 Å². The largest absolute Gasteiger partial charge is 0.469 e. The minimum Gasteiger partial charge on any atom is -0.469 e. The first-order chi connectivity index (χ1) is 13.6. The molecule has 0 saturated carbocycles. The fourth-order valence-electron chi connectivity index (χ4n) is 2.52. The molecule has 0 aliphatic rings. The number of aromatic nitrogens is 2. The maximum atomic E-state index is 11.5. The normalized spacial score (nSPS) is 10.3. The van der Waals surface area contributed by atoms with Crippen LogP contribution in [0.2, 0.25) is 0 Å². The Kier molecular flexibility index (Phi) is 6.19. The highest BCUT2D eigenvalue weighted by Crippen LogP contribution is 2.19. The predicted molar refractivity (Wildman–Crippen MR) is 106 cm³/mol. The van der Waals surface area contributed by atoms with Gasteiger partial charge in [0.15, 0.2) is 5.96 Å². The van der Waals surface area contributed by atoms with E-state index in [9.17, 15) is 4.79 Å². The van der Waals surface area contributed by atoms with Gasteiger partial charge in [-0.05, 0) is 29.3 Å². The average Bonchev–Trinajstić information content (AvgIpc) is 3.20. The first-order valence-corrected chi connectivity index (χ1v) is 8.65. The second-order valence-electron chi connectivity index (χ2n) is 5.95. The molecule has 1 aromatic carbocycles. The topological polar surface area (TPSA) is 144 Å². The highest BCUT2D eigenvalue weighted by molar-refractivity contribution is 5.90. The highest BCUT2D eigenvalue weighted by atomic mass is 16.3. The van der Waals surface area contributed by atoms with Crippen molar-refractivity contribution >= 4 is 17.9 Å². The zero-order valence-corrected chi connectivity index (χ0v) is 15.1. The van der Waals surface area contributed by atoms with Crippen molar-refractivity contribution in [2.75, 3.05) is 11.9 Å². The Morgan fingerprint density at radius 1 is 1.11 bits per heavy atom. The van der Waals surface area contributed by atoms with Crippen LogP contribution in [0.25, 0.3) is 11.1 Å². The van der Waals surface area contributed by atoms with E-state index in [-0.39, 0.29) is 5.96 Å². The predicted octanol–water partition coefficient (Wildman–Crippen LogP) is 1.87. The number of hydrogen-bond acceptors (Lipinski definition) is 5. The van der Waals surface area contributed by atoms with Gasteiger partial charge in [-0.2, -0.15) is 4.99 Å². The fourth-order valence-corrected chi connectivity index (χ4v) is 2.52. The van der Waals surface area contributed by atoms with E-state index in [1.165, 1.54) is 0 Å². The Hall–Kier alpha value is -3.88. The molecule has 144 valence electrons. The zero-order valence-electron chi connectivity index (χ0n) is 15.1. The molecule has 3 aromatic rings. The number of benzene rings is 1. The molecule has 9 heteroatoms. The molecule has 3 rings (SSSR count). The molecule has 9 nitrogen and oxygen atoms in total. The molecule has 28 heavy (non-hydrogen) atoms. The molecule has 0 fully saturated rings. The summed E-state index contributed by atoms with van der Waals surface area (Å²) in [7, 11) is 0. The second-order valence-corrected chi connectivity index (χ2v) is 5.95. The van der Waals surface area contributed by atoms with Crippen LogP contribution in [0.1, 0.15) is 11.3 Å². The molecule has 0 spiro atoms. The Bertz CT molecular complexity index is 933. The van der Waals surface area contributed by atoms with Crippen LogP contribution in [0, 0.1) is 0 Å². The van der Waals surface area contributed by atoms with E-state index in [1.54, 1.807) is 18.7 Å². The van der Waals surface area contributed by atoms with Crippen LogP contribution in [-0.2, 0) is 13.0 Å². The minimum absolute atomic E-state index is 0.277. The number of carbonyl (C=O) groups excluding carboxylic acids is 1. The first kappa shape index (κ1) is 18.9. The van der Waals surface area contributed by atoms with Crippen LogP contribution in [0.15, 0.2) is 64.5 Å². The lowest BCUT2D eigenvalue weighted by Gasteiger charge is -2.07. The van der Waals surface area contributed by atoms with Crippen LogP contribution < -0.4 is 22.1 Å². The molecular weight excluding hydrogens is 358 g/mol. The summed E-state index contributed by atoms with van der Waals surface area (Å²) in [6, 6.07) is 10.9. The number of rotatable bonds is 7. The number of nitrogens with one attached hydrogen (secondary N) is 2. The lowest BCUT2D eigenvalue weighted by Crippen LogP contribution is -2.28. The summed E-state index contributed by atoms with van der Waals surface area (Å²) in [6.07, 6.45) is 5.91. The molecule has 6 N–H and O–H groups in total. The first-order valence-electron chi connectivity index (χ1n) is 8.65. The van der Waals surface area contributed by atoms with E-state index in [0.29, 0.717) is 19.0 Å². The summed E-state index contributed by atoms with van der Waals surface area (Å²) in [5.74, 6) is 1.19. The van der Waals surface area contributed by atoms with Crippen molar-refractivity contribution in [2.24, 2.45) is 16.5 Å². The number of carbonyl (C=O) groups is 1. The average molecular weight is 379 g/mol. The third-order valence-electron chi connectivity index (χ3n) is 3.82. The number of nitrogens with zero attached hydrogens (tertiary/aromatic N) is 3. The van der Waals surface area contributed by atoms with E-state index in [4.69, 9.17) is 15.9 Å². The molecule has 0 aliphatic heterocycles. The standard InChI is InChI=1S/C19H21N7O2/c20-17(21)26-19(27)25-10-13-3-1-4-14(9-13)15-11-23-18(24-12-15)22-7-6-16-5-2-8-28-16/h1-5,8-9,11-12H,6-7,10H2,(H,22,23,24)(H5,20,21,25,26,27). The van der Waals surface area contributed by atoms with Crippen molar-refractivity contribution in [3.8, 4) is 11.1 Å². The quantitative estimate of drug-likeness (QED) is 0.362. The van der Waals surface area contributed by atoms with E-state index in [2.05, 4.69) is 25.6 Å². The smallest absolute Gasteiger partial charge is 0.344 e. The van der Waals surface area contributed by atoms with Crippen molar-refractivity contribution in [2.45, 2.75) is 13.0 Å². The van der Waals surface area contributed by atoms with Gasteiger partial charge >= 0.3 is 6.03 Å². The van der Waals surface area contributed by atoms with Gasteiger partial charge in [-0.15, -0.1) is 0 Å². The molecule has 2 aromatic heterocycles. The zero-order chi connectivity index (χ0) is 19.8. The van der Waals surface area contributed by atoms with Crippen LogP contribution >= 0.6 is 0 Å². The van der Waals surface area contributed by atoms with E-state index >= 15 is 0 Å². The van der Waals surface area contributed by atoms with Crippen LogP contribution in [-0.4, -0.2) is 28.5 Å². The van der Waals surface area contributed by atoms with Gasteiger partial charge in [-0.25, -0.2) is 14.8 Å². The monoisotopic (exact) mass is 379 g/mol. The molecule has 2 heterocycles. The molecule has 0 atom stereocenters. The lowest BCUT2D eigenvalue weighted by atomic mass is 10.1. The molecule has 2 amide bonds. The lowest BCUT2D eigenvalue weighted by molar-refractivity contribution is 0.249. The van der Waals surface area contributed by atoms with Crippen molar-refractivity contribution in [3.63, 3.8) is 0 Å². The van der Waals surface area contributed by atoms with Crippen molar-refractivity contribution < 1.29 is 9.21 Å². The van der Waals surface area contributed by atoms with Gasteiger partial charge in [0.05, 0.1) is 6.26 Å². The number of guanidine groups is 1. The number of aliphatic imine (C=N–C) groups is 1. The van der Waals surface area contributed by atoms with Gasteiger partial charge in [0, 0.05) is 37.5 Å². The Morgan fingerprint density at radius 2 is 1.93 bits per heavy atom. The van der Waals surface area contributed by atoms with Crippen LogP contribution in [0.3, 0.4) is 0 Å². The molecule has 0 radical (unpaired) electrons. The molecule has 0 unspecified atom stereocenters. The van der Waals surface area contributed by atoms with E-state index in [0.717, 1.165) is 28.9 Å². The molecule has 0 aliphatic carbocycles. The fraction of sp³-hybridized carbons (Fsp3) is 0.158. The number of furan rings is 1. The number of amides is 2. The summed E-state index contributed by atoms with van der Waals surface area (Å²) >= 11 is 0. The maximum absolute atomic E-state index is 11.5. The van der Waals surface area contributed by atoms with Gasteiger partial charge in [-0.1, -0.05) is 18.2 Å². The number of urea groups is 1. The number of nitrogens with two attached hydrogens (primary N) is 2. The van der Waals surface area contributed by atoms with E-state index in [1.807, 2.05) is 36.4 Å². The summed E-state index contributed by atoms with van der Waals surface area (Å²) in [6.45, 7) is 0.981. The van der Waals surface area contributed by atoms with Crippen LogP contribution in [0.5, 0.6) is 0 Å². The molecule has 0 bridgehead atoms. The number of anilines is 1. The van der Waals surface area contributed by atoms with Crippen molar-refractivity contribution in [1.82, 2.24) is 15.3 Å². The Morgan fingerprint density at radius 3 is 2.64 bits per heavy atom. The number of hydrogen-bond donors (Lipinski definition) is 4. The molecular formula is C19H21N7O2. The summed E-state index contributed by atoms with van der Waals surface area (Å²) < 4.78 is 5.29. The summed E-state index contributed by atoms with van der Waals surface area (Å²) in [5, 5.41) is 5.78. The van der Waals surface area contributed by atoms with Gasteiger partial charge in [-0.3, -0.25) is 0 Å². The SMILES string of the molecule is NC(N)=NC(=O)NCc1cccc(-c2cnc(NCCc3ccco3)nc2)c1. The maximum Gasteiger partial charge on any atom is 0.344 e. The third kappa shape index (κ3) is 5.56. The van der Waals surface area contributed by atoms with Gasteiger partial charge in [0.25, 0.3) is 0 Å². The second kappa shape index (κ2) is 9.17. The van der Waals surface area contributed by atoms with Crippen LogP contribution in [0.4, 0.5) is 10.7 Å². The third-order valence-corrected chi connectivity index (χ3v) is 3.82. The van der Waals surface area contributed by atoms with Crippen molar-refractivity contribution in [3.05, 3.63) is 66.4 Å². The highest BCUT2D eigenvalue weighted by Gasteiger charge is 2.04. The van der Waals surface area contributed by atoms with Gasteiger partial charge < -0.3 is 26.5 Å². The van der Waals surface area contributed by atoms with Gasteiger partial charge in [0.2, 0.25) is 5.95 Å². The Balaban J connectivity index is 1.57. The van der Waals surface area contributed by atoms with E-state index < -0.39 is 6.03 Å². The minimum atomic E-state index is -0.585. The Labute approximate surface area is 161 Å². The van der Waals surface area contributed by atoms with Crippen molar-refractivity contribution in [1.29, 1.82) is 0 Å². The summed E-state index contributed by atoms with van der Waals surface area (Å²) in [4.78, 5) is 23.6. The summed E-state index contributed by atoms with van der Waals surface area (Å²) in [5.41, 5.74) is 13.1.